The van der Waals surface area contributed by atoms with Crippen LogP contribution >= 0.6 is 11.3 Å². The molecule has 1 aromatic carbocycles. The van der Waals surface area contributed by atoms with Crippen molar-refractivity contribution in [1.29, 1.82) is 0 Å². The first-order chi connectivity index (χ1) is 13.7. The number of fused-ring (bicyclic) bond motifs is 1. The van der Waals surface area contributed by atoms with E-state index in [0.29, 0.717) is 18.7 Å². The van der Waals surface area contributed by atoms with Crippen LogP contribution in [0.3, 0.4) is 0 Å². The normalized spacial score (nSPS) is 13.9. The van der Waals surface area contributed by atoms with Gasteiger partial charge in [-0.25, -0.2) is 9.48 Å². The van der Waals surface area contributed by atoms with Gasteiger partial charge in [0.15, 0.2) is 5.82 Å². The minimum atomic E-state index is -0.162. The molecule has 1 aliphatic carbocycles. The van der Waals surface area contributed by atoms with Crippen LogP contribution in [-0.2, 0) is 6.54 Å². The summed E-state index contributed by atoms with van der Waals surface area (Å²) in [6.45, 7) is 0.681. The van der Waals surface area contributed by atoms with E-state index in [2.05, 4.69) is 15.4 Å². The summed E-state index contributed by atoms with van der Waals surface area (Å²) < 4.78 is 3.26. The van der Waals surface area contributed by atoms with Crippen molar-refractivity contribution in [3.63, 3.8) is 0 Å². The molecule has 1 saturated carbocycles. The summed E-state index contributed by atoms with van der Waals surface area (Å²) in [5, 5.41) is 10.5. The molecule has 5 rings (SSSR count). The van der Waals surface area contributed by atoms with E-state index < -0.39 is 0 Å². The van der Waals surface area contributed by atoms with E-state index >= 15 is 0 Å². The molecule has 0 bridgehead atoms. The summed E-state index contributed by atoms with van der Waals surface area (Å²) in [7, 11) is 0. The second-order valence-electron chi connectivity index (χ2n) is 6.94. The van der Waals surface area contributed by atoms with E-state index in [0.717, 1.165) is 34.4 Å². The Balaban J connectivity index is 1.31. The van der Waals surface area contributed by atoms with Crippen LogP contribution < -0.4 is 11.0 Å². The summed E-state index contributed by atoms with van der Waals surface area (Å²) >= 11 is 1.58. The molecule has 1 aliphatic rings. The van der Waals surface area contributed by atoms with Gasteiger partial charge in [-0.1, -0.05) is 12.1 Å². The number of nitrogens with zero attached hydrogens (tertiary/aromatic N) is 3. The zero-order valence-electron chi connectivity index (χ0n) is 15.1. The second-order valence-corrected chi connectivity index (χ2v) is 7.89. The molecule has 2 N–H and O–H groups in total. The highest BCUT2D eigenvalue weighted by molar-refractivity contribution is 7.13. The fraction of sp³-hybridized carbons (Fsp3) is 0.250. The molecule has 7 nitrogen and oxygen atoms in total. The molecular weight excluding hydrogens is 374 g/mol. The molecule has 0 radical (unpaired) electrons. The minimum Gasteiger partial charge on any atom is -0.361 e. The van der Waals surface area contributed by atoms with Gasteiger partial charge in [0.2, 0.25) is 0 Å². The Morgan fingerprint density at radius 1 is 1.29 bits per heavy atom. The number of nitrogens with one attached hydrogen (secondary N) is 2. The van der Waals surface area contributed by atoms with Crippen LogP contribution in [-0.4, -0.2) is 31.8 Å². The monoisotopic (exact) mass is 393 g/mol. The maximum Gasteiger partial charge on any atom is 0.346 e. The Bertz CT molecular complexity index is 1200. The molecule has 8 heteroatoms. The summed E-state index contributed by atoms with van der Waals surface area (Å²) in [5.74, 6) is 0.565. The lowest BCUT2D eigenvalue weighted by molar-refractivity contribution is 0.0952. The van der Waals surface area contributed by atoms with Crippen molar-refractivity contribution in [1.82, 2.24) is 24.6 Å². The fourth-order valence-corrected chi connectivity index (χ4v) is 4.07. The second kappa shape index (κ2) is 6.79. The molecule has 0 atom stereocenters. The average molecular weight is 393 g/mol. The SMILES string of the molecule is O=C(NCCn1nc(-c2cccs2)n(C2CC2)c1=O)c1ccc2cc[nH]c2c1. The first-order valence-corrected chi connectivity index (χ1v) is 10.2. The van der Waals surface area contributed by atoms with Gasteiger partial charge in [0.25, 0.3) is 5.91 Å². The third-order valence-electron chi connectivity index (χ3n) is 4.95. The Morgan fingerprint density at radius 2 is 2.18 bits per heavy atom. The zero-order chi connectivity index (χ0) is 19.1. The highest BCUT2D eigenvalue weighted by Gasteiger charge is 2.30. The van der Waals surface area contributed by atoms with Crippen LogP contribution in [0, 0.1) is 0 Å². The van der Waals surface area contributed by atoms with Crippen molar-refractivity contribution in [2.24, 2.45) is 0 Å². The van der Waals surface area contributed by atoms with Crippen LogP contribution in [0.15, 0.2) is 52.8 Å². The molecule has 4 aromatic rings. The van der Waals surface area contributed by atoms with Crippen molar-refractivity contribution < 1.29 is 4.79 Å². The number of benzene rings is 1. The smallest absolute Gasteiger partial charge is 0.346 e. The number of aromatic nitrogens is 4. The Hall–Kier alpha value is -3.13. The minimum absolute atomic E-state index is 0.104. The van der Waals surface area contributed by atoms with E-state index in [1.165, 1.54) is 4.68 Å². The van der Waals surface area contributed by atoms with Crippen LogP contribution in [0.4, 0.5) is 0 Å². The Kier molecular flexibility index (Phi) is 4.12. The summed E-state index contributed by atoms with van der Waals surface area (Å²) in [5.41, 5.74) is 1.41. The first-order valence-electron chi connectivity index (χ1n) is 9.29. The number of amides is 1. The van der Waals surface area contributed by atoms with Crippen molar-refractivity contribution in [2.75, 3.05) is 6.54 Å². The number of carbonyl (C=O) groups is 1. The number of carbonyl (C=O) groups excluding carboxylic acids is 1. The molecule has 28 heavy (non-hydrogen) atoms. The van der Waals surface area contributed by atoms with E-state index in [1.54, 1.807) is 22.0 Å². The molecular formula is C20H19N5O2S. The summed E-state index contributed by atoms with van der Waals surface area (Å²) in [6.07, 6.45) is 3.88. The Morgan fingerprint density at radius 3 is 2.96 bits per heavy atom. The number of thiophene rings is 1. The van der Waals surface area contributed by atoms with Gasteiger partial charge in [-0.15, -0.1) is 16.4 Å². The molecule has 1 fully saturated rings. The van der Waals surface area contributed by atoms with Gasteiger partial charge in [-0.3, -0.25) is 9.36 Å². The lowest BCUT2D eigenvalue weighted by Crippen LogP contribution is -2.32. The molecule has 0 unspecified atom stereocenters. The maximum atomic E-state index is 12.8. The van der Waals surface area contributed by atoms with Crippen molar-refractivity contribution in [3.05, 3.63) is 64.0 Å². The quantitative estimate of drug-likeness (QED) is 0.528. The number of H-pyrrole nitrogens is 1. The maximum absolute atomic E-state index is 12.8. The van der Waals surface area contributed by atoms with Gasteiger partial charge in [0, 0.05) is 29.9 Å². The topological polar surface area (TPSA) is 84.7 Å². The number of rotatable bonds is 6. The Labute approximate surface area is 164 Å². The van der Waals surface area contributed by atoms with Gasteiger partial charge in [0.1, 0.15) is 0 Å². The molecule has 142 valence electrons. The third-order valence-corrected chi connectivity index (χ3v) is 5.82. The fourth-order valence-electron chi connectivity index (χ4n) is 3.37. The molecule has 3 heterocycles. The predicted octanol–water partition coefficient (Wildman–Crippen LogP) is 3.02. The van der Waals surface area contributed by atoms with Crippen molar-refractivity contribution in [2.45, 2.75) is 25.4 Å². The van der Waals surface area contributed by atoms with Crippen molar-refractivity contribution >= 4 is 28.1 Å². The van der Waals surface area contributed by atoms with Gasteiger partial charge < -0.3 is 10.3 Å². The summed E-state index contributed by atoms with van der Waals surface area (Å²) in [4.78, 5) is 29.3. The van der Waals surface area contributed by atoms with Gasteiger partial charge in [-0.2, -0.15) is 0 Å². The van der Waals surface area contributed by atoms with Crippen LogP contribution in [0.2, 0.25) is 0 Å². The standard InChI is InChI=1S/C20H19N5O2S/c26-19(14-4-3-13-7-8-21-16(13)12-14)22-9-10-24-20(27)25(15-5-6-15)18(23-24)17-2-1-11-28-17/h1-4,7-8,11-12,15,21H,5-6,9-10H2,(H,22,26). The highest BCUT2D eigenvalue weighted by atomic mass is 32.1. The lowest BCUT2D eigenvalue weighted by Gasteiger charge is -2.05. The highest BCUT2D eigenvalue weighted by Crippen LogP contribution is 2.37. The van der Waals surface area contributed by atoms with Crippen LogP contribution in [0.5, 0.6) is 0 Å². The number of hydrogen-bond donors (Lipinski definition) is 2. The van der Waals surface area contributed by atoms with Crippen molar-refractivity contribution in [3.8, 4) is 10.7 Å². The largest absolute Gasteiger partial charge is 0.361 e. The average Bonchev–Trinajstić information content (AvgIpc) is 3.11. The van der Waals surface area contributed by atoms with Gasteiger partial charge in [0.05, 0.1) is 11.4 Å². The number of aromatic amines is 1. The predicted molar refractivity (Wildman–Crippen MR) is 109 cm³/mol. The first kappa shape index (κ1) is 17.0. The lowest BCUT2D eigenvalue weighted by atomic mass is 10.1. The van der Waals surface area contributed by atoms with Crippen LogP contribution in [0.25, 0.3) is 21.6 Å². The van der Waals surface area contributed by atoms with Crippen LogP contribution in [0.1, 0.15) is 29.2 Å². The molecule has 3 aromatic heterocycles. The molecule has 0 aliphatic heterocycles. The van der Waals surface area contributed by atoms with E-state index in [-0.39, 0.29) is 17.6 Å². The molecule has 0 saturated heterocycles. The van der Waals surface area contributed by atoms with E-state index in [4.69, 9.17) is 0 Å². The molecule has 1 amide bonds. The number of hydrogen-bond acceptors (Lipinski definition) is 4. The van der Waals surface area contributed by atoms with Gasteiger partial charge >= 0.3 is 5.69 Å². The van der Waals surface area contributed by atoms with E-state index in [9.17, 15) is 9.59 Å². The summed E-state index contributed by atoms with van der Waals surface area (Å²) in [6, 6.07) is 11.7. The van der Waals surface area contributed by atoms with Gasteiger partial charge in [-0.05, 0) is 47.9 Å². The molecule has 0 spiro atoms. The third kappa shape index (κ3) is 3.05. The zero-order valence-corrected chi connectivity index (χ0v) is 15.9. The van der Waals surface area contributed by atoms with E-state index in [1.807, 2.05) is 41.9 Å².